The molecule has 0 aliphatic heterocycles. The summed E-state index contributed by atoms with van der Waals surface area (Å²) in [5.74, 6) is 0. The number of rotatable bonds is 6. The lowest BCUT2D eigenvalue weighted by atomic mass is 10.2. The van der Waals surface area contributed by atoms with Crippen molar-refractivity contribution in [3.8, 4) is 5.69 Å². The molecule has 0 saturated heterocycles. The summed E-state index contributed by atoms with van der Waals surface area (Å²) in [6.45, 7) is 5.88. The number of nitrogens with zero attached hydrogens (tertiary/aromatic N) is 2. The van der Waals surface area contributed by atoms with Gasteiger partial charge in [-0.15, -0.1) is 0 Å². The fourth-order valence-electron chi connectivity index (χ4n) is 2.18. The second-order valence-electron chi connectivity index (χ2n) is 4.79. The minimum absolute atomic E-state index is 0.217. The highest BCUT2D eigenvalue weighted by atomic mass is 35.5. The Morgan fingerprint density at radius 1 is 1.25 bits per heavy atom. The van der Waals surface area contributed by atoms with Gasteiger partial charge in [0.1, 0.15) is 0 Å². The minimum atomic E-state index is 0.217. The van der Waals surface area contributed by atoms with E-state index in [1.54, 1.807) is 0 Å². The summed E-state index contributed by atoms with van der Waals surface area (Å²) >= 11 is 5.91. The maximum atomic E-state index is 8.78. The number of aryl methyl sites for hydroxylation is 1. The molecule has 0 aliphatic carbocycles. The van der Waals surface area contributed by atoms with Gasteiger partial charge in [0.2, 0.25) is 0 Å². The molecule has 108 valence electrons. The largest absolute Gasteiger partial charge is 0.396 e. The normalized spacial score (nSPS) is 11.0. The number of hydrogen-bond acceptors (Lipinski definition) is 3. The third-order valence-corrected chi connectivity index (χ3v) is 3.58. The quantitative estimate of drug-likeness (QED) is 0.805. The van der Waals surface area contributed by atoms with E-state index in [-0.39, 0.29) is 6.61 Å². The number of aliphatic hydroxyl groups is 1. The van der Waals surface area contributed by atoms with Crippen LogP contribution in [0, 0.1) is 13.8 Å². The van der Waals surface area contributed by atoms with Crippen molar-refractivity contribution in [3.63, 3.8) is 0 Å². The standard InChI is InChI=1S/C15H20ClN3O/c1-11-15(10-17-8-3-9-20)12(2)19(18-11)14-6-4-13(16)5-7-14/h4-7,17,20H,3,8-10H2,1-2H3. The van der Waals surface area contributed by atoms with Gasteiger partial charge in [-0.1, -0.05) is 11.6 Å². The van der Waals surface area contributed by atoms with Crippen molar-refractivity contribution >= 4 is 11.6 Å². The zero-order valence-electron chi connectivity index (χ0n) is 11.9. The second-order valence-corrected chi connectivity index (χ2v) is 5.23. The lowest BCUT2D eigenvalue weighted by molar-refractivity contribution is 0.286. The Morgan fingerprint density at radius 3 is 2.60 bits per heavy atom. The number of hydrogen-bond donors (Lipinski definition) is 2. The molecule has 0 unspecified atom stereocenters. The highest BCUT2D eigenvalue weighted by Crippen LogP contribution is 2.19. The summed E-state index contributed by atoms with van der Waals surface area (Å²) in [5.41, 5.74) is 4.37. The first-order valence-corrected chi connectivity index (χ1v) is 7.14. The molecule has 4 nitrogen and oxygen atoms in total. The summed E-state index contributed by atoms with van der Waals surface area (Å²) in [5, 5.41) is 17.4. The molecule has 20 heavy (non-hydrogen) atoms. The van der Waals surface area contributed by atoms with Crippen LogP contribution in [-0.4, -0.2) is 28.0 Å². The van der Waals surface area contributed by atoms with Gasteiger partial charge in [-0.05, 0) is 51.1 Å². The smallest absolute Gasteiger partial charge is 0.0649 e. The predicted molar refractivity (Wildman–Crippen MR) is 81.5 cm³/mol. The van der Waals surface area contributed by atoms with Crippen LogP contribution >= 0.6 is 11.6 Å². The van der Waals surface area contributed by atoms with Gasteiger partial charge >= 0.3 is 0 Å². The van der Waals surface area contributed by atoms with Crippen LogP contribution in [0.3, 0.4) is 0 Å². The lowest BCUT2D eigenvalue weighted by Gasteiger charge is -2.06. The van der Waals surface area contributed by atoms with Crippen molar-refractivity contribution in [1.82, 2.24) is 15.1 Å². The molecule has 0 saturated carbocycles. The van der Waals surface area contributed by atoms with Crippen molar-refractivity contribution < 1.29 is 5.11 Å². The van der Waals surface area contributed by atoms with E-state index in [2.05, 4.69) is 17.3 Å². The average Bonchev–Trinajstić information content (AvgIpc) is 2.72. The van der Waals surface area contributed by atoms with Gasteiger partial charge < -0.3 is 10.4 Å². The van der Waals surface area contributed by atoms with Crippen molar-refractivity contribution in [2.24, 2.45) is 0 Å². The van der Waals surface area contributed by atoms with Crippen molar-refractivity contribution in [1.29, 1.82) is 0 Å². The Kier molecular flexibility index (Phi) is 5.17. The Bertz CT molecular complexity index is 563. The monoisotopic (exact) mass is 293 g/mol. The molecule has 2 rings (SSSR count). The third-order valence-electron chi connectivity index (χ3n) is 3.33. The highest BCUT2D eigenvalue weighted by molar-refractivity contribution is 6.30. The van der Waals surface area contributed by atoms with Crippen LogP contribution < -0.4 is 5.32 Å². The van der Waals surface area contributed by atoms with Crippen LogP contribution in [0.15, 0.2) is 24.3 Å². The Labute approximate surface area is 124 Å². The second kappa shape index (κ2) is 6.88. The van der Waals surface area contributed by atoms with E-state index in [1.165, 1.54) is 5.56 Å². The molecule has 5 heteroatoms. The molecule has 0 aliphatic rings. The minimum Gasteiger partial charge on any atom is -0.396 e. The van der Waals surface area contributed by atoms with E-state index in [0.717, 1.165) is 41.6 Å². The van der Waals surface area contributed by atoms with Gasteiger partial charge in [-0.2, -0.15) is 5.10 Å². The molecule has 0 spiro atoms. The number of aliphatic hydroxyl groups excluding tert-OH is 1. The average molecular weight is 294 g/mol. The first-order chi connectivity index (χ1) is 9.63. The molecule has 2 aromatic rings. The third kappa shape index (κ3) is 3.39. The van der Waals surface area contributed by atoms with E-state index in [4.69, 9.17) is 16.7 Å². The maximum Gasteiger partial charge on any atom is 0.0649 e. The summed E-state index contributed by atoms with van der Waals surface area (Å²) in [6, 6.07) is 7.66. The van der Waals surface area contributed by atoms with Crippen molar-refractivity contribution in [3.05, 3.63) is 46.2 Å². The van der Waals surface area contributed by atoms with E-state index in [9.17, 15) is 0 Å². The molecule has 1 aromatic carbocycles. The Hall–Kier alpha value is -1.36. The summed E-state index contributed by atoms with van der Waals surface area (Å²) in [4.78, 5) is 0. The molecule has 1 heterocycles. The number of halogens is 1. The van der Waals surface area contributed by atoms with E-state index < -0.39 is 0 Å². The van der Waals surface area contributed by atoms with Crippen LogP contribution in [0.4, 0.5) is 0 Å². The van der Waals surface area contributed by atoms with Crippen LogP contribution in [0.2, 0.25) is 5.02 Å². The predicted octanol–water partition coefficient (Wildman–Crippen LogP) is 2.61. The number of aromatic nitrogens is 2. The maximum absolute atomic E-state index is 8.78. The SMILES string of the molecule is Cc1nn(-c2ccc(Cl)cc2)c(C)c1CNCCCO. The van der Waals surface area contributed by atoms with E-state index >= 15 is 0 Å². The summed E-state index contributed by atoms with van der Waals surface area (Å²) in [6.07, 6.45) is 0.767. The number of benzene rings is 1. The topological polar surface area (TPSA) is 50.1 Å². The Morgan fingerprint density at radius 2 is 1.95 bits per heavy atom. The fraction of sp³-hybridized carbons (Fsp3) is 0.400. The first-order valence-electron chi connectivity index (χ1n) is 6.76. The van der Waals surface area contributed by atoms with Gasteiger partial charge in [-0.25, -0.2) is 4.68 Å². The van der Waals surface area contributed by atoms with Crippen LogP contribution in [0.25, 0.3) is 5.69 Å². The zero-order valence-corrected chi connectivity index (χ0v) is 12.6. The van der Waals surface area contributed by atoms with Gasteiger partial charge in [0, 0.05) is 29.4 Å². The van der Waals surface area contributed by atoms with Crippen molar-refractivity contribution in [2.75, 3.05) is 13.2 Å². The van der Waals surface area contributed by atoms with Gasteiger partial charge in [0.25, 0.3) is 0 Å². The molecule has 0 bridgehead atoms. The molecular weight excluding hydrogens is 274 g/mol. The van der Waals surface area contributed by atoms with Crippen LogP contribution in [0.5, 0.6) is 0 Å². The Balaban J connectivity index is 2.17. The van der Waals surface area contributed by atoms with E-state index in [1.807, 2.05) is 35.9 Å². The summed E-state index contributed by atoms with van der Waals surface area (Å²) < 4.78 is 1.94. The fourth-order valence-corrected chi connectivity index (χ4v) is 2.31. The highest BCUT2D eigenvalue weighted by Gasteiger charge is 2.12. The van der Waals surface area contributed by atoms with Crippen LogP contribution in [-0.2, 0) is 6.54 Å². The molecule has 0 radical (unpaired) electrons. The molecule has 0 amide bonds. The summed E-state index contributed by atoms with van der Waals surface area (Å²) in [7, 11) is 0. The van der Waals surface area contributed by atoms with Gasteiger partial charge in [-0.3, -0.25) is 0 Å². The molecule has 0 fully saturated rings. The van der Waals surface area contributed by atoms with E-state index in [0.29, 0.717) is 0 Å². The molecular formula is C15H20ClN3O. The van der Waals surface area contributed by atoms with Crippen LogP contribution in [0.1, 0.15) is 23.4 Å². The lowest BCUT2D eigenvalue weighted by Crippen LogP contribution is -2.16. The van der Waals surface area contributed by atoms with Gasteiger partial charge in [0.05, 0.1) is 11.4 Å². The van der Waals surface area contributed by atoms with Crippen molar-refractivity contribution in [2.45, 2.75) is 26.8 Å². The number of nitrogens with one attached hydrogen (secondary N) is 1. The molecule has 1 aromatic heterocycles. The zero-order chi connectivity index (χ0) is 14.5. The molecule has 2 N–H and O–H groups in total. The van der Waals surface area contributed by atoms with Gasteiger partial charge in [0.15, 0.2) is 0 Å². The first kappa shape index (κ1) is 15.0. The molecule has 0 atom stereocenters.